The van der Waals surface area contributed by atoms with Crippen molar-refractivity contribution in [2.45, 2.75) is 27.2 Å². The van der Waals surface area contributed by atoms with Crippen molar-refractivity contribution >= 4 is 5.69 Å². The average Bonchev–Trinajstić information content (AvgIpc) is 2.30. The molecular weight excluding hydrogens is 186 g/mol. The van der Waals surface area contributed by atoms with Gasteiger partial charge in [-0.1, -0.05) is 31.5 Å². The third-order valence-electron chi connectivity index (χ3n) is 1.91. The minimum Gasteiger partial charge on any atom is -0.385 e. The summed E-state index contributed by atoms with van der Waals surface area (Å²) >= 11 is 0. The molecule has 15 heavy (non-hydrogen) atoms. The van der Waals surface area contributed by atoms with Crippen LogP contribution >= 0.6 is 0 Å². The largest absolute Gasteiger partial charge is 0.385 e. The molecule has 0 bridgehead atoms. The van der Waals surface area contributed by atoms with Crippen molar-refractivity contribution in [2.24, 2.45) is 0 Å². The van der Waals surface area contributed by atoms with Gasteiger partial charge >= 0.3 is 0 Å². The second-order valence-corrected chi connectivity index (χ2v) is 3.14. The van der Waals surface area contributed by atoms with Crippen LogP contribution in [-0.4, -0.2) is 20.3 Å². The Labute approximate surface area is 93.7 Å². The molecular formula is C13H23NO. The third kappa shape index (κ3) is 6.97. The highest BCUT2D eigenvalue weighted by Gasteiger charge is 1.90. The number of benzene rings is 1. The Balaban J connectivity index is 0.000000921. The summed E-state index contributed by atoms with van der Waals surface area (Å²) in [5, 5.41) is 3.33. The molecule has 2 heteroatoms. The van der Waals surface area contributed by atoms with Crippen LogP contribution in [0, 0.1) is 6.92 Å². The molecule has 0 saturated carbocycles. The zero-order valence-corrected chi connectivity index (χ0v) is 10.3. The topological polar surface area (TPSA) is 21.3 Å². The lowest BCUT2D eigenvalue weighted by atomic mass is 10.2. The number of anilines is 1. The quantitative estimate of drug-likeness (QED) is 0.750. The van der Waals surface area contributed by atoms with Crippen molar-refractivity contribution in [3.8, 4) is 0 Å². The smallest absolute Gasteiger partial charge is 0.0479 e. The molecule has 1 N–H and O–H groups in total. The Bertz CT molecular complexity index is 231. The van der Waals surface area contributed by atoms with Crippen LogP contribution in [0.5, 0.6) is 0 Å². The SMILES string of the molecule is CC.COCCCNc1ccc(C)cc1. The second kappa shape index (κ2) is 9.53. The number of aryl methyl sites for hydroxylation is 1. The highest BCUT2D eigenvalue weighted by atomic mass is 16.5. The maximum Gasteiger partial charge on any atom is 0.0479 e. The first-order valence-electron chi connectivity index (χ1n) is 5.62. The molecule has 86 valence electrons. The molecule has 0 fully saturated rings. The third-order valence-corrected chi connectivity index (χ3v) is 1.91. The van der Waals surface area contributed by atoms with E-state index in [0.717, 1.165) is 19.6 Å². The summed E-state index contributed by atoms with van der Waals surface area (Å²) in [4.78, 5) is 0. The Morgan fingerprint density at radius 2 is 1.73 bits per heavy atom. The standard InChI is InChI=1S/C11H17NO.C2H6/c1-10-4-6-11(7-5-10)12-8-3-9-13-2;1-2/h4-7,12H,3,8-9H2,1-2H3;1-2H3. The average molecular weight is 209 g/mol. The summed E-state index contributed by atoms with van der Waals surface area (Å²) in [6.45, 7) is 7.88. The number of ether oxygens (including phenoxy) is 1. The van der Waals surface area contributed by atoms with Crippen LogP contribution in [0.4, 0.5) is 5.69 Å². The Morgan fingerprint density at radius 3 is 2.27 bits per heavy atom. The first-order valence-corrected chi connectivity index (χ1v) is 5.62. The Morgan fingerprint density at radius 1 is 1.13 bits per heavy atom. The van der Waals surface area contributed by atoms with Gasteiger partial charge in [0.15, 0.2) is 0 Å². The Hall–Kier alpha value is -1.02. The van der Waals surface area contributed by atoms with Gasteiger partial charge in [0, 0.05) is 25.9 Å². The molecule has 0 atom stereocenters. The molecule has 0 heterocycles. The molecule has 0 radical (unpaired) electrons. The number of hydrogen-bond acceptors (Lipinski definition) is 2. The van der Waals surface area contributed by atoms with Crippen molar-refractivity contribution in [3.63, 3.8) is 0 Å². The van der Waals surface area contributed by atoms with Gasteiger partial charge in [0.2, 0.25) is 0 Å². The van der Waals surface area contributed by atoms with Gasteiger partial charge in [-0.3, -0.25) is 0 Å². The van der Waals surface area contributed by atoms with E-state index in [0.29, 0.717) is 0 Å². The van der Waals surface area contributed by atoms with Crippen LogP contribution in [0.3, 0.4) is 0 Å². The fourth-order valence-corrected chi connectivity index (χ4v) is 1.12. The van der Waals surface area contributed by atoms with Gasteiger partial charge < -0.3 is 10.1 Å². The van der Waals surface area contributed by atoms with Crippen LogP contribution in [0.2, 0.25) is 0 Å². The van der Waals surface area contributed by atoms with E-state index in [1.807, 2.05) is 13.8 Å². The monoisotopic (exact) mass is 209 g/mol. The van der Waals surface area contributed by atoms with E-state index in [4.69, 9.17) is 4.74 Å². The summed E-state index contributed by atoms with van der Waals surface area (Å²) in [6, 6.07) is 8.42. The minimum absolute atomic E-state index is 0.818. The first kappa shape index (κ1) is 14.0. The van der Waals surface area contributed by atoms with Crippen LogP contribution in [0.15, 0.2) is 24.3 Å². The predicted molar refractivity (Wildman–Crippen MR) is 67.5 cm³/mol. The number of hydrogen-bond donors (Lipinski definition) is 1. The molecule has 0 unspecified atom stereocenters. The van der Waals surface area contributed by atoms with Crippen LogP contribution in [0.25, 0.3) is 0 Å². The van der Waals surface area contributed by atoms with Gasteiger partial charge in [0.05, 0.1) is 0 Å². The molecule has 0 spiro atoms. The molecule has 0 amide bonds. The first-order chi connectivity index (χ1) is 7.33. The summed E-state index contributed by atoms with van der Waals surface area (Å²) in [5.74, 6) is 0. The molecule has 0 aliphatic heterocycles. The summed E-state index contributed by atoms with van der Waals surface area (Å²) < 4.78 is 4.96. The van der Waals surface area contributed by atoms with Gasteiger partial charge in [-0.25, -0.2) is 0 Å². The molecule has 1 aromatic rings. The van der Waals surface area contributed by atoms with E-state index in [1.54, 1.807) is 7.11 Å². The maximum atomic E-state index is 4.96. The van der Waals surface area contributed by atoms with E-state index < -0.39 is 0 Å². The molecule has 2 nitrogen and oxygen atoms in total. The molecule has 0 aliphatic carbocycles. The Kier molecular flexibility index (Phi) is 8.88. The molecule has 0 saturated heterocycles. The number of rotatable bonds is 5. The zero-order valence-electron chi connectivity index (χ0n) is 10.3. The lowest BCUT2D eigenvalue weighted by Crippen LogP contribution is -2.04. The van der Waals surface area contributed by atoms with Crippen molar-refractivity contribution < 1.29 is 4.74 Å². The van der Waals surface area contributed by atoms with Gasteiger partial charge in [0.1, 0.15) is 0 Å². The van der Waals surface area contributed by atoms with E-state index in [1.165, 1.54) is 11.3 Å². The lowest BCUT2D eigenvalue weighted by Gasteiger charge is -2.05. The maximum absolute atomic E-state index is 4.96. The van der Waals surface area contributed by atoms with E-state index in [-0.39, 0.29) is 0 Å². The summed E-state index contributed by atoms with van der Waals surface area (Å²) in [5.41, 5.74) is 2.48. The zero-order chi connectivity index (χ0) is 11.5. The van der Waals surface area contributed by atoms with Gasteiger partial charge in [-0.2, -0.15) is 0 Å². The van der Waals surface area contributed by atoms with Gasteiger partial charge in [-0.15, -0.1) is 0 Å². The van der Waals surface area contributed by atoms with Crippen molar-refractivity contribution in [2.75, 3.05) is 25.6 Å². The molecule has 1 aromatic carbocycles. The van der Waals surface area contributed by atoms with Crippen molar-refractivity contribution in [3.05, 3.63) is 29.8 Å². The normalized spacial score (nSPS) is 9.07. The van der Waals surface area contributed by atoms with Crippen molar-refractivity contribution in [1.29, 1.82) is 0 Å². The molecule has 0 aromatic heterocycles. The van der Waals surface area contributed by atoms with Crippen LogP contribution in [0.1, 0.15) is 25.8 Å². The molecule has 1 rings (SSSR count). The summed E-state index contributed by atoms with van der Waals surface area (Å²) in [6.07, 6.45) is 1.05. The summed E-state index contributed by atoms with van der Waals surface area (Å²) in [7, 11) is 1.73. The van der Waals surface area contributed by atoms with E-state index in [2.05, 4.69) is 36.5 Å². The fourth-order valence-electron chi connectivity index (χ4n) is 1.12. The van der Waals surface area contributed by atoms with Crippen LogP contribution in [-0.2, 0) is 4.74 Å². The highest BCUT2D eigenvalue weighted by molar-refractivity contribution is 5.44. The van der Waals surface area contributed by atoms with Crippen molar-refractivity contribution in [1.82, 2.24) is 0 Å². The van der Waals surface area contributed by atoms with Crippen LogP contribution < -0.4 is 5.32 Å². The number of nitrogens with one attached hydrogen (secondary N) is 1. The minimum atomic E-state index is 0.818. The van der Waals surface area contributed by atoms with E-state index in [9.17, 15) is 0 Å². The fraction of sp³-hybridized carbons (Fsp3) is 0.538. The predicted octanol–water partition coefficient (Wildman–Crippen LogP) is 3.47. The van der Waals surface area contributed by atoms with Gasteiger partial charge in [-0.05, 0) is 25.5 Å². The number of methoxy groups -OCH3 is 1. The second-order valence-electron chi connectivity index (χ2n) is 3.14. The highest BCUT2D eigenvalue weighted by Crippen LogP contribution is 2.07. The van der Waals surface area contributed by atoms with E-state index >= 15 is 0 Å². The molecule has 0 aliphatic rings. The van der Waals surface area contributed by atoms with Gasteiger partial charge in [0.25, 0.3) is 0 Å². The lowest BCUT2D eigenvalue weighted by molar-refractivity contribution is 0.198.